The zero-order valence-corrected chi connectivity index (χ0v) is 21.2. The maximum absolute atomic E-state index is 10.9. The number of likely N-dealkylation sites (tertiary alicyclic amines) is 1. The van der Waals surface area contributed by atoms with Crippen LogP contribution in [0.3, 0.4) is 0 Å². The topological polar surface area (TPSA) is 58.8 Å². The van der Waals surface area contributed by atoms with Crippen LogP contribution >= 0.6 is 0 Å². The van der Waals surface area contributed by atoms with Crippen LogP contribution in [0.4, 0.5) is 5.69 Å². The second-order valence-electron chi connectivity index (χ2n) is 10.2. The van der Waals surface area contributed by atoms with Crippen LogP contribution in [0.2, 0.25) is 0 Å². The molecule has 1 aliphatic rings. The Hall–Kier alpha value is -2.37. The van der Waals surface area contributed by atoms with Crippen molar-refractivity contribution in [2.45, 2.75) is 65.1 Å². The smallest absolute Gasteiger partial charge is 0.136 e. The molecule has 1 fully saturated rings. The Kier molecular flexibility index (Phi) is 10.4. The molecule has 2 atom stereocenters. The average Bonchev–Trinajstić information content (AvgIpc) is 2.87. The van der Waals surface area contributed by atoms with Gasteiger partial charge >= 0.3 is 0 Å². The summed E-state index contributed by atoms with van der Waals surface area (Å²) < 4.78 is 6.00. The third-order valence-corrected chi connectivity index (χ3v) is 7.08. The monoisotopic (exact) mass is 465 g/mol. The highest BCUT2D eigenvalue weighted by atomic mass is 16.5. The summed E-state index contributed by atoms with van der Waals surface area (Å²) in [6.07, 6.45) is 5.37. The average molecular weight is 466 g/mol. The van der Waals surface area contributed by atoms with Gasteiger partial charge in [-0.2, -0.15) is 0 Å². The Morgan fingerprint density at radius 1 is 1.03 bits per heavy atom. The standard InChI is InChI=1S/C29H43N3O2/c1-23(2)13-20-32(27-15-18-31(19-16-27)17-14-24(3)29(30)21-33)26-9-11-28(12-10-26)34-22-25-7-5-4-6-8-25/h4-12,21,23-24,27,29H,13-20,22,30H2,1-3H3. The number of benzene rings is 2. The van der Waals surface area contributed by atoms with Gasteiger partial charge in [-0.15, -0.1) is 0 Å². The lowest BCUT2D eigenvalue weighted by Gasteiger charge is -2.40. The van der Waals surface area contributed by atoms with Crippen molar-refractivity contribution in [3.05, 3.63) is 60.2 Å². The largest absolute Gasteiger partial charge is 0.489 e. The van der Waals surface area contributed by atoms with Gasteiger partial charge in [-0.05, 0) is 73.9 Å². The maximum Gasteiger partial charge on any atom is 0.136 e. The first kappa shape index (κ1) is 26.2. The first-order chi connectivity index (χ1) is 16.5. The van der Waals surface area contributed by atoms with Crippen LogP contribution in [0.15, 0.2) is 54.6 Å². The lowest BCUT2D eigenvalue weighted by molar-refractivity contribution is -0.109. The van der Waals surface area contributed by atoms with E-state index in [0.717, 1.165) is 44.6 Å². The Bertz CT molecular complexity index is 832. The van der Waals surface area contributed by atoms with Crippen molar-refractivity contribution in [1.82, 2.24) is 4.90 Å². The number of nitrogens with two attached hydrogens (primary N) is 1. The van der Waals surface area contributed by atoms with E-state index in [4.69, 9.17) is 10.5 Å². The fourth-order valence-electron chi connectivity index (χ4n) is 4.56. The fourth-order valence-corrected chi connectivity index (χ4v) is 4.56. The van der Waals surface area contributed by atoms with Crippen molar-refractivity contribution < 1.29 is 9.53 Å². The van der Waals surface area contributed by atoms with E-state index in [-0.39, 0.29) is 12.0 Å². The molecule has 0 saturated carbocycles. The molecule has 3 rings (SSSR count). The van der Waals surface area contributed by atoms with E-state index in [1.807, 2.05) is 18.2 Å². The van der Waals surface area contributed by atoms with Crippen molar-refractivity contribution in [3.8, 4) is 5.75 Å². The number of carbonyl (C=O) groups excluding carboxylic acids is 1. The minimum Gasteiger partial charge on any atom is -0.489 e. The molecular formula is C29H43N3O2. The van der Waals surface area contributed by atoms with Gasteiger partial charge in [-0.1, -0.05) is 51.1 Å². The molecule has 1 heterocycles. The Morgan fingerprint density at radius 2 is 1.71 bits per heavy atom. The van der Waals surface area contributed by atoms with E-state index in [1.54, 1.807) is 0 Å². The molecule has 0 radical (unpaired) electrons. The first-order valence-electron chi connectivity index (χ1n) is 12.9. The molecule has 34 heavy (non-hydrogen) atoms. The maximum atomic E-state index is 10.9. The predicted octanol–water partition coefficient (Wildman–Crippen LogP) is 5.13. The molecule has 5 heteroatoms. The fraction of sp³-hybridized carbons (Fsp3) is 0.552. The van der Waals surface area contributed by atoms with Crippen LogP contribution in [0.25, 0.3) is 0 Å². The number of hydrogen-bond acceptors (Lipinski definition) is 5. The van der Waals surface area contributed by atoms with E-state index in [2.05, 4.69) is 67.0 Å². The lowest BCUT2D eigenvalue weighted by atomic mass is 9.97. The molecule has 0 aliphatic carbocycles. The van der Waals surface area contributed by atoms with Crippen molar-refractivity contribution >= 4 is 12.0 Å². The quantitative estimate of drug-likeness (QED) is 0.415. The molecule has 0 bridgehead atoms. The summed E-state index contributed by atoms with van der Waals surface area (Å²) in [5, 5.41) is 0. The summed E-state index contributed by atoms with van der Waals surface area (Å²) in [6.45, 7) is 11.6. The van der Waals surface area contributed by atoms with Crippen LogP contribution in [0.5, 0.6) is 5.75 Å². The van der Waals surface area contributed by atoms with Crippen LogP contribution in [0.1, 0.15) is 52.0 Å². The Balaban J connectivity index is 1.56. The minimum atomic E-state index is -0.344. The van der Waals surface area contributed by atoms with Crippen molar-refractivity contribution in [2.24, 2.45) is 17.6 Å². The highest BCUT2D eigenvalue weighted by Gasteiger charge is 2.25. The van der Waals surface area contributed by atoms with Crippen LogP contribution in [-0.4, -0.2) is 49.4 Å². The molecule has 5 nitrogen and oxygen atoms in total. The summed E-state index contributed by atoms with van der Waals surface area (Å²) in [6, 6.07) is 19.1. The number of aldehydes is 1. The van der Waals surface area contributed by atoms with Crippen molar-refractivity contribution in [2.75, 3.05) is 31.1 Å². The molecule has 0 aromatic heterocycles. The van der Waals surface area contributed by atoms with Crippen LogP contribution in [-0.2, 0) is 11.4 Å². The van der Waals surface area contributed by atoms with Crippen molar-refractivity contribution in [3.63, 3.8) is 0 Å². The first-order valence-corrected chi connectivity index (χ1v) is 12.9. The molecule has 2 aromatic rings. The van der Waals surface area contributed by atoms with E-state index in [1.165, 1.54) is 30.5 Å². The third-order valence-electron chi connectivity index (χ3n) is 7.08. The molecule has 2 N–H and O–H groups in total. The molecule has 2 aromatic carbocycles. The summed E-state index contributed by atoms with van der Waals surface area (Å²) >= 11 is 0. The number of carbonyl (C=O) groups is 1. The predicted molar refractivity (Wildman–Crippen MR) is 141 cm³/mol. The van der Waals surface area contributed by atoms with E-state index >= 15 is 0 Å². The van der Waals surface area contributed by atoms with E-state index in [9.17, 15) is 4.79 Å². The Labute approximate surface area is 206 Å². The zero-order valence-electron chi connectivity index (χ0n) is 21.2. The second kappa shape index (κ2) is 13.5. The van der Waals surface area contributed by atoms with E-state index < -0.39 is 0 Å². The number of nitrogens with zero attached hydrogens (tertiary/aromatic N) is 2. The van der Waals surface area contributed by atoms with Gasteiger partial charge in [-0.25, -0.2) is 0 Å². The highest BCUT2D eigenvalue weighted by molar-refractivity contribution is 5.57. The van der Waals surface area contributed by atoms with Gasteiger partial charge in [-0.3, -0.25) is 0 Å². The van der Waals surface area contributed by atoms with Crippen LogP contribution in [0, 0.1) is 11.8 Å². The lowest BCUT2D eigenvalue weighted by Crippen LogP contribution is -2.46. The van der Waals surface area contributed by atoms with Gasteiger partial charge in [0.2, 0.25) is 0 Å². The minimum absolute atomic E-state index is 0.236. The molecule has 186 valence electrons. The number of ether oxygens (including phenoxy) is 1. The molecular weight excluding hydrogens is 422 g/mol. The molecule has 0 spiro atoms. The van der Waals surface area contributed by atoms with Crippen LogP contribution < -0.4 is 15.4 Å². The van der Waals surface area contributed by atoms with Gasteiger partial charge in [0.25, 0.3) is 0 Å². The van der Waals surface area contributed by atoms with Gasteiger partial charge in [0.05, 0.1) is 6.04 Å². The number of piperidine rings is 1. The number of hydrogen-bond donors (Lipinski definition) is 1. The molecule has 1 aliphatic heterocycles. The molecule has 1 saturated heterocycles. The van der Waals surface area contributed by atoms with Crippen molar-refractivity contribution in [1.29, 1.82) is 0 Å². The van der Waals surface area contributed by atoms with Gasteiger partial charge in [0, 0.05) is 31.4 Å². The molecule has 0 amide bonds. The van der Waals surface area contributed by atoms with Gasteiger partial charge in [0.1, 0.15) is 18.6 Å². The zero-order chi connectivity index (χ0) is 24.3. The SMILES string of the molecule is CC(C)CCN(c1ccc(OCc2ccccc2)cc1)C1CCN(CCC(C)C(N)C=O)CC1. The van der Waals surface area contributed by atoms with Gasteiger partial charge in [0.15, 0.2) is 0 Å². The Morgan fingerprint density at radius 3 is 2.32 bits per heavy atom. The number of rotatable bonds is 13. The summed E-state index contributed by atoms with van der Waals surface area (Å²) in [7, 11) is 0. The summed E-state index contributed by atoms with van der Waals surface area (Å²) in [4.78, 5) is 16.1. The summed E-state index contributed by atoms with van der Waals surface area (Å²) in [5.74, 6) is 1.83. The second-order valence-corrected chi connectivity index (χ2v) is 10.2. The normalized spacial score (nSPS) is 16.9. The number of anilines is 1. The highest BCUT2D eigenvalue weighted by Crippen LogP contribution is 2.27. The van der Waals surface area contributed by atoms with E-state index in [0.29, 0.717) is 18.6 Å². The van der Waals surface area contributed by atoms with Gasteiger partial charge < -0.3 is 25.1 Å². The third kappa shape index (κ3) is 8.14. The molecule has 2 unspecified atom stereocenters. The summed E-state index contributed by atoms with van der Waals surface area (Å²) in [5.41, 5.74) is 8.34.